The predicted molar refractivity (Wildman–Crippen MR) is 101 cm³/mol. The SMILES string of the molecule is Fc1ccc(Nc2ncnc3cnc(NCc4ccccn4)nc23)cc1Cl. The Morgan fingerprint density at radius 3 is 2.78 bits per heavy atom. The molecule has 0 saturated heterocycles. The van der Waals surface area contributed by atoms with Gasteiger partial charge in [0.2, 0.25) is 5.95 Å². The Labute approximate surface area is 158 Å². The van der Waals surface area contributed by atoms with E-state index in [1.165, 1.54) is 18.5 Å². The van der Waals surface area contributed by atoms with E-state index >= 15 is 0 Å². The maximum atomic E-state index is 13.3. The Morgan fingerprint density at radius 1 is 1.04 bits per heavy atom. The van der Waals surface area contributed by atoms with Gasteiger partial charge in [-0.05, 0) is 30.3 Å². The summed E-state index contributed by atoms with van der Waals surface area (Å²) >= 11 is 5.83. The van der Waals surface area contributed by atoms with Gasteiger partial charge in [0.25, 0.3) is 0 Å². The second-order valence-corrected chi connectivity index (χ2v) is 5.99. The summed E-state index contributed by atoms with van der Waals surface area (Å²) in [5.74, 6) is 0.396. The zero-order valence-corrected chi connectivity index (χ0v) is 14.7. The first-order valence-corrected chi connectivity index (χ1v) is 8.40. The first-order valence-electron chi connectivity index (χ1n) is 8.02. The van der Waals surface area contributed by atoms with Gasteiger partial charge in [-0.15, -0.1) is 0 Å². The van der Waals surface area contributed by atoms with Crippen LogP contribution >= 0.6 is 11.6 Å². The number of halogens is 2. The van der Waals surface area contributed by atoms with Crippen molar-refractivity contribution < 1.29 is 4.39 Å². The number of benzene rings is 1. The molecule has 0 unspecified atom stereocenters. The van der Waals surface area contributed by atoms with E-state index in [1.807, 2.05) is 18.2 Å². The number of anilines is 3. The molecule has 3 aromatic heterocycles. The number of fused-ring (bicyclic) bond motifs is 1. The van der Waals surface area contributed by atoms with Crippen LogP contribution in [0.2, 0.25) is 5.02 Å². The minimum Gasteiger partial charge on any atom is -0.349 e. The standard InChI is InChI=1S/C18H13ClFN7/c19-13-7-11(4-5-14(13)20)26-17-16-15(24-10-25-17)9-23-18(27-16)22-8-12-3-1-2-6-21-12/h1-7,9-10H,8H2,(H,22,23,27)(H,24,25,26). The van der Waals surface area contributed by atoms with E-state index in [9.17, 15) is 4.39 Å². The van der Waals surface area contributed by atoms with Gasteiger partial charge in [-0.3, -0.25) is 4.98 Å². The van der Waals surface area contributed by atoms with Crippen molar-refractivity contribution in [2.45, 2.75) is 6.54 Å². The lowest BCUT2D eigenvalue weighted by Gasteiger charge is -2.09. The lowest BCUT2D eigenvalue weighted by molar-refractivity contribution is 0.628. The molecule has 0 aliphatic rings. The van der Waals surface area contributed by atoms with Crippen molar-refractivity contribution in [2.24, 2.45) is 0 Å². The molecular weight excluding hydrogens is 369 g/mol. The molecule has 0 amide bonds. The van der Waals surface area contributed by atoms with Gasteiger partial charge in [0.05, 0.1) is 23.5 Å². The van der Waals surface area contributed by atoms with E-state index in [4.69, 9.17) is 11.6 Å². The molecular formula is C18H13ClFN7. The largest absolute Gasteiger partial charge is 0.349 e. The third-order valence-corrected chi connectivity index (χ3v) is 4.00. The predicted octanol–water partition coefficient (Wildman–Crippen LogP) is 3.96. The van der Waals surface area contributed by atoms with Crippen molar-refractivity contribution in [3.05, 3.63) is 71.7 Å². The Bertz CT molecular complexity index is 1090. The summed E-state index contributed by atoms with van der Waals surface area (Å²) in [5, 5.41) is 6.22. The molecule has 7 nitrogen and oxygen atoms in total. The van der Waals surface area contributed by atoms with E-state index in [1.54, 1.807) is 18.5 Å². The number of aromatic nitrogens is 5. The summed E-state index contributed by atoms with van der Waals surface area (Å²) in [6.07, 6.45) is 4.73. The van der Waals surface area contributed by atoms with Crippen LogP contribution in [0.3, 0.4) is 0 Å². The van der Waals surface area contributed by atoms with E-state index in [0.717, 1.165) is 5.69 Å². The fourth-order valence-electron chi connectivity index (χ4n) is 2.41. The summed E-state index contributed by atoms with van der Waals surface area (Å²) in [6.45, 7) is 0.483. The topological polar surface area (TPSA) is 88.5 Å². The molecule has 0 aliphatic carbocycles. The fourth-order valence-corrected chi connectivity index (χ4v) is 2.59. The Hall–Kier alpha value is -3.39. The highest BCUT2D eigenvalue weighted by molar-refractivity contribution is 6.31. The number of pyridine rings is 1. The maximum absolute atomic E-state index is 13.3. The molecule has 134 valence electrons. The van der Waals surface area contributed by atoms with Crippen molar-refractivity contribution >= 4 is 40.1 Å². The van der Waals surface area contributed by atoms with Gasteiger partial charge in [0, 0.05) is 11.9 Å². The van der Waals surface area contributed by atoms with Crippen LogP contribution in [-0.2, 0) is 6.54 Å². The zero-order valence-electron chi connectivity index (χ0n) is 13.9. The molecule has 3 heterocycles. The molecule has 2 N–H and O–H groups in total. The first kappa shape index (κ1) is 17.0. The molecule has 9 heteroatoms. The summed E-state index contributed by atoms with van der Waals surface area (Å²) in [4.78, 5) is 21.4. The van der Waals surface area contributed by atoms with E-state index < -0.39 is 5.82 Å². The molecule has 27 heavy (non-hydrogen) atoms. The number of hydrogen-bond donors (Lipinski definition) is 2. The number of nitrogens with zero attached hydrogens (tertiary/aromatic N) is 5. The second-order valence-electron chi connectivity index (χ2n) is 5.58. The van der Waals surface area contributed by atoms with Gasteiger partial charge in [-0.2, -0.15) is 0 Å². The van der Waals surface area contributed by atoms with Gasteiger partial charge in [0.1, 0.15) is 23.2 Å². The lowest BCUT2D eigenvalue weighted by atomic mass is 10.3. The van der Waals surface area contributed by atoms with Gasteiger partial charge in [-0.25, -0.2) is 24.3 Å². The summed E-state index contributed by atoms with van der Waals surface area (Å²) in [6, 6.07) is 10.00. The normalized spacial score (nSPS) is 10.7. The van der Waals surface area contributed by atoms with Gasteiger partial charge in [-0.1, -0.05) is 17.7 Å². The summed E-state index contributed by atoms with van der Waals surface area (Å²) in [5.41, 5.74) is 2.55. The van der Waals surface area contributed by atoms with Crippen LogP contribution in [0, 0.1) is 5.82 Å². The summed E-state index contributed by atoms with van der Waals surface area (Å²) in [7, 11) is 0. The van der Waals surface area contributed by atoms with Crippen molar-refractivity contribution in [3.63, 3.8) is 0 Å². The van der Waals surface area contributed by atoms with Gasteiger partial charge >= 0.3 is 0 Å². The molecule has 1 aromatic carbocycles. The van der Waals surface area contributed by atoms with Crippen molar-refractivity contribution in [1.29, 1.82) is 0 Å². The fraction of sp³-hybridized carbons (Fsp3) is 0.0556. The number of nitrogens with one attached hydrogen (secondary N) is 2. The molecule has 0 spiro atoms. The third kappa shape index (κ3) is 3.90. The van der Waals surface area contributed by atoms with E-state index in [2.05, 4.69) is 35.6 Å². The van der Waals surface area contributed by atoms with Crippen molar-refractivity contribution in [1.82, 2.24) is 24.9 Å². The van der Waals surface area contributed by atoms with Crippen LogP contribution in [-0.4, -0.2) is 24.9 Å². The maximum Gasteiger partial charge on any atom is 0.223 e. The molecule has 0 aliphatic heterocycles. The monoisotopic (exact) mass is 381 g/mol. The molecule has 4 rings (SSSR count). The van der Waals surface area contributed by atoms with Crippen LogP contribution < -0.4 is 10.6 Å². The summed E-state index contributed by atoms with van der Waals surface area (Å²) < 4.78 is 13.3. The average Bonchev–Trinajstić information content (AvgIpc) is 2.70. The van der Waals surface area contributed by atoms with Gasteiger partial charge < -0.3 is 10.6 Å². The second kappa shape index (κ2) is 7.46. The highest BCUT2D eigenvalue weighted by Crippen LogP contribution is 2.25. The Kier molecular flexibility index (Phi) is 4.71. The Morgan fingerprint density at radius 2 is 1.96 bits per heavy atom. The quantitative estimate of drug-likeness (QED) is 0.540. The molecule has 0 saturated carbocycles. The van der Waals surface area contributed by atoms with Gasteiger partial charge in [0.15, 0.2) is 5.82 Å². The lowest BCUT2D eigenvalue weighted by Crippen LogP contribution is -2.06. The highest BCUT2D eigenvalue weighted by atomic mass is 35.5. The van der Waals surface area contributed by atoms with Crippen molar-refractivity contribution in [2.75, 3.05) is 10.6 Å². The van der Waals surface area contributed by atoms with E-state index in [-0.39, 0.29) is 5.02 Å². The number of rotatable bonds is 5. The third-order valence-electron chi connectivity index (χ3n) is 3.71. The van der Waals surface area contributed by atoms with Crippen LogP contribution in [0.4, 0.5) is 21.8 Å². The molecule has 4 aromatic rings. The van der Waals surface area contributed by atoms with Crippen LogP contribution in [0.1, 0.15) is 5.69 Å². The Balaban J connectivity index is 1.61. The zero-order chi connectivity index (χ0) is 18.6. The molecule has 0 atom stereocenters. The number of hydrogen-bond acceptors (Lipinski definition) is 7. The molecule has 0 radical (unpaired) electrons. The average molecular weight is 382 g/mol. The molecule has 0 bridgehead atoms. The minimum absolute atomic E-state index is 0.0192. The smallest absolute Gasteiger partial charge is 0.223 e. The first-order chi connectivity index (χ1) is 13.2. The van der Waals surface area contributed by atoms with Crippen molar-refractivity contribution in [3.8, 4) is 0 Å². The van der Waals surface area contributed by atoms with E-state index in [0.29, 0.717) is 35.0 Å². The van der Waals surface area contributed by atoms with Crippen LogP contribution in [0.5, 0.6) is 0 Å². The van der Waals surface area contributed by atoms with Crippen LogP contribution in [0.15, 0.2) is 55.1 Å². The minimum atomic E-state index is -0.488. The highest BCUT2D eigenvalue weighted by Gasteiger charge is 2.09. The molecule has 0 fully saturated rings. The van der Waals surface area contributed by atoms with Crippen LogP contribution in [0.25, 0.3) is 11.0 Å².